The highest BCUT2D eigenvalue weighted by Crippen LogP contribution is 2.43. The molecule has 2 amide bonds. The summed E-state index contributed by atoms with van der Waals surface area (Å²) in [6.07, 6.45) is 0.638. The van der Waals surface area contributed by atoms with E-state index in [1.807, 2.05) is 17.0 Å². The Hall–Kier alpha value is -3.44. The maximum Gasteiger partial charge on any atom is 0.490 e. The number of likely N-dealkylation sites (N-methyl/N-ethyl adjacent to an activating group) is 1. The lowest BCUT2D eigenvalue weighted by molar-refractivity contribution is -0.193. The summed E-state index contributed by atoms with van der Waals surface area (Å²) < 4.78 is 63.5. The number of fused-ring (bicyclic) bond motifs is 2. The van der Waals surface area contributed by atoms with Crippen LogP contribution in [0.1, 0.15) is 79.6 Å². The third-order valence-corrected chi connectivity index (χ3v) is 8.98. The van der Waals surface area contributed by atoms with E-state index in [9.17, 15) is 41.0 Å². The highest BCUT2D eigenvalue weighted by molar-refractivity contribution is 5.92. The van der Waals surface area contributed by atoms with Crippen LogP contribution in [-0.2, 0) is 14.4 Å². The van der Waals surface area contributed by atoms with Crippen LogP contribution in [0.4, 0.5) is 26.3 Å². The summed E-state index contributed by atoms with van der Waals surface area (Å²) in [7, 11) is 1.75. The predicted molar refractivity (Wildman–Crippen MR) is 161 cm³/mol. The highest BCUT2D eigenvalue weighted by Gasteiger charge is 2.42. The van der Waals surface area contributed by atoms with Crippen LogP contribution < -0.4 is 11.1 Å². The summed E-state index contributed by atoms with van der Waals surface area (Å²) in [4.78, 5) is 47.3. The second-order valence-electron chi connectivity index (χ2n) is 12.2. The van der Waals surface area contributed by atoms with Gasteiger partial charge in [-0.3, -0.25) is 14.5 Å². The van der Waals surface area contributed by atoms with Gasteiger partial charge in [0.1, 0.15) is 6.04 Å². The average Bonchev–Trinajstić information content (AvgIpc) is 3.25. The van der Waals surface area contributed by atoms with Gasteiger partial charge in [0, 0.05) is 37.3 Å². The van der Waals surface area contributed by atoms with Crippen LogP contribution in [0.5, 0.6) is 0 Å². The topological polar surface area (TPSA) is 173 Å². The van der Waals surface area contributed by atoms with E-state index in [-0.39, 0.29) is 18.4 Å². The van der Waals surface area contributed by atoms with E-state index in [1.54, 1.807) is 13.1 Å². The predicted octanol–water partition coefficient (Wildman–Crippen LogP) is 3.75. The van der Waals surface area contributed by atoms with E-state index in [1.165, 1.54) is 50.5 Å². The van der Waals surface area contributed by atoms with Crippen molar-refractivity contribution in [2.24, 2.45) is 11.7 Å². The molecule has 1 aliphatic carbocycles. The van der Waals surface area contributed by atoms with Gasteiger partial charge in [-0.15, -0.1) is 0 Å². The zero-order chi connectivity index (χ0) is 36.2. The fourth-order valence-electron chi connectivity index (χ4n) is 6.58. The number of carbonyl (C=O) groups is 4. The second kappa shape index (κ2) is 18.4. The maximum atomic E-state index is 13.2. The van der Waals surface area contributed by atoms with Gasteiger partial charge >= 0.3 is 24.3 Å². The van der Waals surface area contributed by atoms with Crippen LogP contribution in [-0.4, -0.2) is 113 Å². The van der Waals surface area contributed by atoms with Crippen LogP contribution >= 0.6 is 0 Å². The normalized spacial score (nSPS) is 22.0. The summed E-state index contributed by atoms with van der Waals surface area (Å²) in [5.41, 5.74) is 7.32. The SMILES string of the molecule is CN[C@@H](CO)C(=O)N(CCN1[C@@H]2CC[C@H]1CC(c1cccc(C(N)=O)c1)C2)CC1CCCCC1.O=C(O)C(F)(F)F.O=C(O)C(F)(F)F. The number of nitrogens with two attached hydrogens (primary N) is 1. The van der Waals surface area contributed by atoms with Crippen LogP contribution in [0.25, 0.3) is 0 Å². The molecule has 17 heteroatoms. The van der Waals surface area contributed by atoms with Gasteiger partial charge in [0.25, 0.3) is 0 Å². The van der Waals surface area contributed by atoms with Crippen molar-refractivity contribution < 1.29 is 60.8 Å². The monoisotopic (exact) mass is 698 g/mol. The Balaban J connectivity index is 0.000000479. The molecule has 0 spiro atoms. The van der Waals surface area contributed by atoms with E-state index < -0.39 is 30.3 Å². The molecule has 0 radical (unpaired) electrons. The number of piperidine rings is 1. The lowest BCUT2D eigenvalue weighted by Crippen LogP contribution is -2.52. The number of primary amides is 1. The number of aliphatic carboxylic acids is 2. The number of halogens is 6. The molecule has 4 atom stereocenters. The number of carbonyl (C=O) groups excluding carboxylic acids is 2. The molecule has 272 valence electrons. The van der Waals surface area contributed by atoms with Crippen molar-refractivity contribution in [3.63, 3.8) is 0 Å². The van der Waals surface area contributed by atoms with E-state index in [0.29, 0.717) is 29.5 Å². The lowest BCUT2D eigenvalue weighted by atomic mass is 9.84. The van der Waals surface area contributed by atoms with E-state index in [4.69, 9.17) is 25.5 Å². The number of benzene rings is 1. The zero-order valence-electron chi connectivity index (χ0n) is 26.6. The van der Waals surface area contributed by atoms with Crippen molar-refractivity contribution in [1.82, 2.24) is 15.1 Å². The summed E-state index contributed by atoms with van der Waals surface area (Å²) in [6, 6.07) is 8.35. The number of alkyl halides is 6. The van der Waals surface area contributed by atoms with Crippen molar-refractivity contribution in [3.8, 4) is 0 Å². The van der Waals surface area contributed by atoms with Crippen LogP contribution in [0.15, 0.2) is 24.3 Å². The fourth-order valence-corrected chi connectivity index (χ4v) is 6.58. The molecule has 11 nitrogen and oxygen atoms in total. The average molecular weight is 699 g/mol. The first-order valence-electron chi connectivity index (χ1n) is 15.7. The smallest absolute Gasteiger partial charge is 0.475 e. The molecule has 3 aliphatic rings. The number of aliphatic hydroxyl groups excluding tert-OH is 1. The number of aliphatic hydroxyl groups is 1. The molecule has 2 aliphatic heterocycles. The van der Waals surface area contributed by atoms with Crippen molar-refractivity contribution in [3.05, 3.63) is 35.4 Å². The van der Waals surface area contributed by atoms with Gasteiger partial charge in [0.05, 0.1) is 6.61 Å². The number of hydrogen-bond acceptors (Lipinski definition) is 7. The molecule has 3 fully saturated rings. The number of carboxylic acids is 2. The Morgan fingerprint density at radius 2 is 1.46 bits per heavy atom. The minimum absolute atomic E-state index is 0.0288. The number of rotatable bonds is 10. The first-order valence-corrected chi connectivity index (χ1v) is 15.7. The summed E-state index contributed by atoms with van der Waals surface area (Å²) in [5, 5.41) is 26.9. The molecule has 6 N–H and O–H groups in total. The standard InChI is InChI=1S/C27H42N4O3.2C2HF3O2/c1-29-25(18-32)27(34)30(17-19-6-3-2-4-7-19)12-13-31-23-10-11-24(31)16-22(15-23)20-8-5-9-21(14-20)26(28)33;2*3-2(4,5)1(6)7/h5,8-9,14,19,22-25,29,32H,2-4,6-7,10-13,15-18H2,1H3,(H2,28,33);2*(H,6,7)/t22?,23-,24+,25-;;/m0../s1. The van der Waals surface area contributed by atoms with Crippen LogP contribution in [0, 0.1) is 5.92 Å². The number of nitrogens with one attached hydrogen (secondary N) is 1. The number of amides is 2. The van der Waals surface area contributed by atoms with Crippen molar-refractivity contribution in [2.45, 2.75) is 94.2 Å². The number of hydrogen-bond donors (Lipinski definition) is 5. The second-order valence-corrected chi connectivity index (χ2v) is 12.2. The summed E-state index contributed by atoms with van der Waals surface area (Å²) in [5.74, 6) is -4.82. The number of carboxylic acid groups (broad SMARTS) is 2. The van der Waals surface area contributed by atoms with Crippen molar-refractivity contribution in [2.75, 3.05) is 33.3 Å². The quantitative estimate of drug-likeness (QED) is 0.228. The van der Waals surface area contributed by atoms with Crippen molar-refractivity contribution in [1.29, 1.82) is 0 Å². The molecule has 2 bridgehead atoms. The van der Waals surface area contributed by atoms with Gasteiger partial charge in [-0.25, -0.2) is 9.59 Å². The first kappa shape index (κ1) is 40.7. The van der Waals surface area contributed by atoms with E-state index in [2.05, 4.69) is 16.3 Å². The van der Waals surface area contributed by atoms with Gasteiger partial charge in [-0.2, -0.15) is 26.3 Å². The molecule has 1 unspecified atom stereocenters. The molecular weight excluding hydrogens is 654 g/mol. The molecule has 1 aromatic rings. The fraction of sp³-hybridized carbons (Fsp3) is 0.677. The summed E-state index contributed by atoms with van der Waals surface area (Å²) >= 11 is 0. The van der Waals surface area contributed by atoms with Gasteiger partial charge in [-0.1, -0.05) is 31.4 Å². The molecule has 2 saturated heterocycles. The van der Waals surface area contributed by atoms with Gasteiger partial charge in [-0.05, 0) is 75.1 Å². The Bertz CT molecular complexity index is 1180. The van der Waals surface area contributed by atoms with Crippen LogP contribution in [0.2, 0.25) is 0 Å². The Morgan fingerprint density at radius 3 is 1.90 bits per heavy atom. The maximum absolute atomic E-state index is 13.2. The molecule has 2 heterocycles. The third-order valence-electron chi connectivity index (χ3n) is 8.98. The largest absolute Gasteiger partial charge is 0.490 e. The minimum Gasteiger partial charge on any atom is -0.475 e. The number of nitrogens with zero attached hydrogens (tertiary/aromatic N) is 2. The van der Waals surface area contributed by atoms with Crippen LogP contribution in [0.3, 0.4) is 0 Å². The van der Waals surface area contributed by atoms with E-state index >= 15 is 0 Å². The minimum atomic E-state index is -5.08. The first-order chi connectivity index (χ1) is 22.4. The molecule has 1 aromatic carbocycles. The van der Waals surface area contributed by atoms with Gasteiger partial charge < -0.3 is 31.3 Å². The molecule has 48 heavy (non-hydrogen) atoms. The Morgan fingerprint density at radius 1 is 0.938 bits per heavy atom. The highest BCUT2D eigenvalue weighted by atomic mass is 19.4. The Kier molecular flexibility index (Phi) is 15.6. The lowest BCUT2D eigenvalue weighted by Gasteiger charge is -2.41. The molecule has 1 saturated carbocycles. The third kappa shape index (κ3) is 12.5. The van der Waals surface area contributed by atoms with Gasteiger partial charge in [0.15, 0.2) is 0 Å². The molecule has 0 aromatic heterocycles. The molecular formula is C31H44F6N4O7. The Labute approximate surface area is 274 Å². The summed E-state index contributed by atoms with van der Waals surface area (Å²) in [6.45, 7) is 2.26. The van der Waals surface area contributed by atoms with Crippen molar-refractivity contribution >= 4 is 23.8 Å². The zero-order valence-corrected chi connectivity index (χ0v) is 26.6. The van der Waals surface area contributed by atoms with E-state index in [0.717, 1.165) is 32.5 Å². The molecule has 4 rings (SSSR count). The van der Waals surface area contributed by atoms with Gasteiger partial charge in [0.2, 0.25) is 11.8 Å².